The van der Waals surface area contributed by atoms with Crippen molar-refractivity contribution in [1.82, 2.24) is 5.32 Å². The van der Waals surface area contributed by atoms with Gasteiger partial charge in [0.25, 0.3) is 0 Å². The van der Waals surface area contributed by atoms with Gasteiger partial charge in [-0.1, -0.05) is 28.9 Å². The molecule has 0 fully saturated rings. The number of amides is 1. The van der Waals surface area contributed by atoms with Crippen LogP contribution < -0.4 is 5.32 Å². The van der Waals surface area contributed by atoms with E-state index in [1.54, 1.807) is 0 Å². The monoisotopic (exact) mass is 351 g/mol. The van der Waals surface area contributed by atoms with Crippen LogP contribution in [0.3, 0.4) is 0 Å². The summed E-state index contributed by atoms with van der Waals surface area (Å²) in [7, 11) is 0. The molecule has 110 valence electrons. The molecule has 0 spiro atoms. The zero-order chi connectivity index (χ0) is 15.3. The Balaban J connectivity index is 2.80. The van der Waals surface area contributed by atoms with Gasteiger partial charge in [0.05, 0.1) is 12.0 Å². The Morgan fingerprint density at radius 3 is 2.45 bits per heavy atom. The van der Waals surface area contributed by atoms with Crippen LogP contribution in [0.5, 0.6) is 0 Å². The molecule has 0 saturated heterocycles. The number of rotatable bonds is 5. The van der Waals surface area contributed by atoms with Crippen molar-refractivity contribution in [3.05, 3.63) is 33.8 Å². The second kappa shape index (κ2) is 6.88. The maximum Gasteiger partial charge on any atom is 0.417 e. The number of carbonyl (C=O) groups is 2. The SMILES string of the molecule is CCCNC(=O)CC(=O)c1ccc(C(F)(F)F)c(Br)c1. The van der Waals surface area contributed by atoms with Crippen LogP contribution in [0, 0.1) is 0 Å². The number of carbonyl (C=O) groups excluding carboxylic acids is 2. The summed E-state index contributed by atoms with van der Waals surface area (Å²) >= 11 is 2.79. The molecule has 0 aliphatic heterocycles. The van der Waals surface area contributed by atoms with Gasteiger partial charge in [0.2, 0.25) is 5.91 Å². The molecule has 3 nitrogen and oxygen atoms in total. The third kappa shape index (κ3) is 4.63. The number of nitrogens with one attached hydrogen (secondary N) is 1. The molecule has 1 aromatic carbocycles. The summed E-state index contributed by atoms with van der Waals surface area (Å²) in [4.78, 5) is 23.1. The van der Waals surface area contributed by atoms with E-state index in [1.807, 2.05) is 6.92 Å². The van der Waals surface area contributed by atoms with E-state index in [0.29, 0.717) is 6.54 Å². The highest BCUT2D eigenvalue weighted by atomic mass is 79.9. The number of halogens is 4. The fourth-order valence-corrected chi connectivity index (χ4v) is 2.10. The van der Waals surface area contributed by atoms with Crippen molar-refractivity contribution >= 4 is 27.6 Å². The molecule has 1 aromatic rings. The number of ketones is 1. The zero-order valence-corrected chi connectivity index (χ0v) is 12.3. The van der Waals surface area contributed by atoms with Crippen molar-refractivity contribution in [1.29, 1.82) is 0 Å². The minimum absolute atomic E-state index is 0.0662. The zero-order valence-electron chi connectivity index (χ0n) is 10.7. The molecule has 0 radical (unpaired) electrons. The number of hydrogen-bond donors (Lipinski definition) is 1. The average molecular weight is 352 g/mol. The molecule has 0 atom stereocenters. The fourth-order valence-electron chi connectivity index (χ4n) is 1.49. The van der Waals surface area contributed by atoms with Crippen LogP contribution in [0.1, 0.15) is 35.7 Å². The van der Waals surface area contributed by atoms with Gasteiger partial charge in [-0.05, 0) is 18.6 Å². The molecule has 0 saturated carbocycles. The third-order valence-corrected chi connectivity index (χ3v) is 3.15. The summed E-state index contributed by atoms with van der Waals surface area (Å²) in [5.41, 5.74) is -0.791. The van der Waals surface area contributed by atoms with Gasteiger partial charge in [0.1, 0.15) is 0 Å². The van der Waals surface area contributed by atoms with Crippen molar-refractivity contribution in [2.24, 2.45) is 0 Å². The first-order valence-electron chi connectivity index (χ1n) is 5.92. The lowest BCUT2D eigenvalue weighted by Crippen LogP contribution is -2.26. The fraction of sp³-hybridized carbons (Fsp3) is 0.385. The molecule has 1 amide bonds. The van der Waals surface area contributed by atoms with Crippen LogP contribution in [0.4, 0.5) is 13.2 Å². The van der Waals surface area contributed by atoms with Gasteiger partial charge in [0, 0.05) is 16.6 Å². The van der Waals surface area contributed by atoms with Gasteiger partial charge >= 0.3 is 6.18 Å². The van der Waals surface area contributed by atoms with E-state index in [9.17, 15) is 22.8 Å². The Morgan fingerprint density at radius 1 is 1.30 bits per heavy atom. The summed E-state index contributed by atoms with van der Waals surface area (Å²) in [5.74, 6) is -0.958. The van der Waals surface area contributed by atoms with E-state index in [4.69, 9.17) is 0 Å². The van der Waals surface area contributed by atoms with Gasteiger partial charge < -0.3 is 5.32 Å². The highest BCUT2D eigenvalue weighted by molar-refractivity contribution is 9.10. The highest BCUT2D eigenvalue weighted by Crippen LogP contribution is 2.35. The summed E-state index contributed by atoms with van der Waals surface area (Å²) in [6.45, 7) is 2.33. The largest absolute Gasteiger partial charge is 0.417 e. The van der Waals surface area contributed by atoms with Gasteiger partial charge in [-0.2, -0.15) is 13.2 Å². The second-order valence-corrected chi connectivity index (χ2v) is 5.00. The van der Waals surface area contributed by atoms with Gasteiger partial charge in [-0.15, -0.1) is 0 Å². The number of alkyl halides is 3. The van der Waals surface area contributed by atoms with Crippen LogP contribution in [0.15, 0.2) is 22.7 Å². The third-order valence-electron chi connectivity index (χ3n) is 2.49. The van der Waals surface area contributed by atoms with Gasteiger partial charge in [-0.3, -0.25) is 9.59 Å². The van der Waals surface area contributed by atoms with Crippen LogP contribution >= 0.6 is 15.9 Å². The molecule has 1 N–H and O–H groups in total. The molecule has 0 bridgehead atoms. The summed E-state index contributed by atoms with van der Waals surface area (Å²) in [6.07, 6.45) is -4.12. The maximum absolute atomic E-state index is 12.6. The molecule has 7 heteroatoms. The molecule has 0 aliphatic rings. The van der Waals surface area contributed by atoms with Crippen molar-refractivity contribution in [2.45, 2.75) is 25.9 Å². The molecule has 0 unspecified atom stereocenters. The lowest BCUT2D eigenvalue weighted by molar-refractivity contribution is -0.138. The van der Waals surface area contributed by atoms with Crippen LogP contribution in [0.25, 0.3) is 0 Å². The van der Waals surface area contributed by atoms with E-state index >= 15 is 0 Å². The molecule has 0 aliphatic carbocycles. The Morgan fingerprint density at radius 2 is 1.95 bits per heavy atom. The molecule has 1 rings (SSSR count). The van der Waals surface area contributed by atoms with Crippen LogP contribution in [0.2, 0.25) is 0 Å². The quantitative estimate of drug-likeness (QED) is 0.651. The smallest absolute Gasteiger partial charge is 0.356 e. The highest BCUT2D eigenvalue weighted by Gasteiger charge is 2.33. The van der Waals surface area contributed by atoms with Crippen molar-refractivity contribution in [2.75, 3.05) is 6.54 Å². The van der Waals surface area contributed by atoms with Gasteiger partial charge in [-0.25, -0.2) is 0 Å². The van der Waals surface area contributed by atoms with E-state index in [1.165, 1.54) is 0 Å². The van der Waals surface area contributed by atoms with Crippen molar-refractivity contribution in [3.8, 4) is 0 Å². The molecule has 0 aromatic heterocycles. The normalized spacial score (nSPS) is 11.2. The Labute approximate surface area is 122 Å². The van der Waals surface area contributed by atoms with E-state index < -0.39 is 23.4 Å². The van der Waals surface area contributed by atoms with Crippen molar-refractivity contribution < 1.29 is 22.8 Å². The van der Waals surface area contributed by atoms with Crippen LogP contribution in [-0.2, 0) is 11.0 Å². The average Bonchev–Trinajstić information content (AvgIpc) is 2.34. The van der Waals surface area contributed by atoms with Crippen molar-refractivity contribution in [3.63, 3.8) is 0 Å². The van der Waals surface area contributed by atoms with Crippen LogP contribution in [-0.4, -0.2) is 18.2 Å². The van der Waals surface area contributed by atoms with E-state index in [-0.39, 0.29) is 16.5 Å². The van der Waals surface area contributed by atoms with Gasteiger partial charge in [0.15, 0.2) is 5.78 Å². The Hall–Kier alpha value is -1.37. The minimum Gasteiger partial charge on any atom is -0.356 e. The summed E-state index contributed by atoms with van der Waals surface area (Å²) in [6, 6.07) is 2.97. The molecule has 20 heavy (non-hydrogen) atoms. The predicted molar refractivity (Wildman–Crippen MR) is 71.4 cm³/mol. The second-order valence-electron chi connectivity index (χ2n) is 4.14. The summed E-state index contributed by atoms with van der Waals surface area (Å²) < 4.78 is 37.4. The van der Waals surface area contributed by atoms with E-state index in [0.717, 1.165) is 24.6 Å². The summed E-state index contributed by atoms with van der Waals surface area (Å²) in [5, 5.41) is 2.53. The molecule has 0 heterocycles. The predicted octanol–water partition coefficient (Wildman–Crippen LogP) is 3.57. The van der Waals surface area contributed by atoms with E-state index in [2.05, 4.69) is 21.2 Å². The minimum atomic E-state index is -4.49. The molecular weight excluding hydrogens is 339 g/mol. The number of Topliss-reactive ketones (excluding diaryl/α,β-unsaturated/α-hetero) is 1. The lowest BCUT2D eigenvalue weighted by atomic mass is 10.1. The topological polar surface area (TPSA) is 46.2 Å². The maximum atomic E-state index is 12.6. The first-order chi connectivity index (χ1) is 9.25. The Bertz CT molecular complexity index is 515. The standard InChI is InChI=1S/C13H13BrF3NO2/c1-2-5-18-12(20)7-11(19)8-3-4-9(10(14)6-8)13(15,16)17/h3-4,6H,2,5,7H2,1H3,(H,18,20). The number of hydrogen-bond acceptors (Lipinski definition) is 2. The molecular formula is C13H13BrF3NO2. The number of benzene rings is 1. The first-order valence-corrected chi connectivity index (χ1v) is 6.71. The first kappa shape index (κ1) is 16.7. The lowest BCUT2D eigenvalue weighted by Gasteiger charge is -2.10. The Kier molecular flexibility index (Phi) is 5.74.